The molecule has 2 heterocycles. The molecule has 4 heteroatoms. The second kappa shape index (κ2) is 5.65. The molecular formula is C15H18N2O2. The molecule has 3 rings (SSSR count). The topological polar surface area (TPSA) is 45.6 Å². The van der Waals surface area contributed by atoms with Crippen molar-refractivity contribution in [1.82, 2.24) is 9.88 Å². The number of ether oxygens (including phenoxy) is 1. The predicted molar refractivity (Wildman–Crippen MR) is 74.0 cm³/mol. The summed E-state index contributed by atoms with van der Waals surface area (Å²) in [5.74, 6) is 0. The van der Waals surface area contributed by atoms with Gasteiger partial charge < -0.3 is 9.84 Å². The number of pyridine rings is 1. The van der Waals surface area contributed by atoms with Crippen LogP contribution in [0.25, 0.3) is 10.9 Å². The van der Waals surface area contributed by atoms with Crippen LogP contribution in [0, 0.1) is 0 Å². The smallest absolute Gasteiger partial charge is 0.109 e. The molecule has 1 aromatic carbocycles. The summed E-state index contributed by atoms with van der Waals surface area (Å²) in [6, 6.07) is 11.9. The Hall–Kier alpha value is -1.49. The van der Waals surface area contributed by atoms with E-state index < -0.39 is 6.10 Å². The van der Waals surface area contributed by atoms with E-state index in [1.165, 1.54) is 0 Å². The number of benzene rings is 1. The Morgan fingerprint density at radius 1 is 1.16 bits per heavy atom. The zero-order chi connectivity index (χ0) is 13.1. The minimum Gasteiger partial charge on any atom is -0.385 e. The molecule has 1 unspecified atom stereocenters. The van der Waals surface area contributed by atoms with Crippen molar-refractivity contribution < 1.29 is 9.84 Å². The van der Waals surface area contributed by atoms with Crippen molar-refractivity contribution in [1.29, 1.82) is 0 Å². The summed E-state index contributed by atoms with van der Waals surface area (Å²) in [4.78, 5) is 6.75. The number of rotatable bonds is 3. The number of β-amino-alcohol motifs (C(OH)–C–C–N with tert-alkyl or cyclic N) is 1. The van der Waals surface area contributed by atoms with Crippen LogP contribution in [0.4, 0.5) is 0 Å². The van der Waals surface area contributed by atoms with Crippen molar-refractivity contribution in [3.8, 4) is 0 Å². The van der Waals surface area contributed by atoms with Crippen LogP contribution >= 0.6 is 0 Å². The Kier molecular flexibility index (Phi) is 3.73. The van der Waals surface area contributed by atoms with Gasteiger partial charge in [-0.15, -0.1) is 0 Å². The van der Waals surface area contributed by atoms with Crippen molar-refractivity contribution in [3.63, 3.8) is 0 Å². The van der Waals surface area contributed by atoms with Gasteiger partial charge in [-0.05, 0) is 12.1 Å². The highest BCUT2D eigenvalue weighted by molar-refractivity contribution is 5.78. The summed E-state index contributed by atoms with van der Waals surface area (Å²) in [5, 5.41) is 11.4. The standard InChI is InChI=1S/C15H18N2O2/c18-15(11-17-7-9-19-10-8-17)14-6-5-12-3-1-2-4-13(12)16-14/h1-6,15,18H,7-11H2. The second-order valence-electron chi connectivity index (χ2n) is 4.86. The average Bonchev–Trinajstić information content (AvgIpc) is 2.48. The Labute approximate surface area is 112 Å². The number of para-hydroxylation sites is 1. The van der Waals surface area contributed by atoms with Gasteiger partial charge in [0.2, 0.25) is 0 Å². The molecule has 1 aromatic heterocycles. The summed E-state index contributed by atoms with van der Waals surface area (Å²) in [5.41, 5.74) is 1.67. The van der Waals surface area contributed by atoms with Gasteiger partial charge in [-0.3, -0.25) is 9.88 Å². The molecular weight excluding hydrogens is 240 g/mol. The second-order valence-corrected chi connectivity index (χ2v) is 4.86. The SMILES string of the molecule is OC(CN1CCOCC1)c1ccc2ccccc2n1. The van der Waals surface area contributed by atoms with E-state index in [4.69, 9.17) is 4.74 Å². The van der Waals surface area contributed by atoms with E-state index in [9.17, 15) is 5.11 Å². The van der Waals surface area contributed by atoms with E-state index in [1.807, 2.05) is 36.4 Å². The lowest BCUT2D eigenvalue weighted by atomic mass is 10.1. The molecule has 0 saturated carbocycles. The highest BCUT2D eigenvalue weighted by Gasteiger charge is 2.17. The number of hydrogen-bond acceptors (Lipinski definition) is 4. The first-order chi connectivity index (χ1) is 9.33. The molecule has 100 valence electrons. The molecule has 1 saturated heterocycles. The lowest BCUT2D eigenvalue weighted by molar-refractivity contribution is 0.0136. The Bertz CT molecular complexity index is 553. The molecule has 1 N–H and O–H groups in total. The molecule has 4 nitrogen and oxygen atoms in total. The predicted octanol–water partition coefficient (Wildman–Crippen LogP) is 1.60. The van der Waals surface area contributed by atoms with E-state index in [0.29, 0.717) is 6.54 Å². The summed E-state index contributed by atoms with van der Waals surface area (Å²) in [6.45, 7) is 3.87. The fraction of sp³-hybridized carbons (Fsp3) is 0.400. The molecule has 0 spiro atoms. The first kappa shape index (κ1) is 12.5. The van der Waals surface area contributed by atoms with Crippen LogP contribution in [0.1, 0.15) is 11.8 Å². The summed E-state index contributed by atoms with van der Waals surface area (Å²) < 4.78 is 5.31. The maximum Gasteiger partial charge on any atom is 0.109 e. The fourth-order valence-corrected chi connectivity index (χ4v) is 2.39. The lowest BCUT2D eigenvalue weighted by Crippen LogP contribution is -2.38. The van der Waals surface area contributed by atoms with Crippen molar-refractivity contribution in [3.05, 3.63) is 42.1 Å². The van der Waals surface area contributed by atoms with E-state index in [0.717, 1.165) is 42.9 Å². The molecule has 1 aliphatic rings. The minimum atomic E-state index is -0.539. The van der Waals surface area contributed by atoms with Gasteiger partial charge in [-0.1, -0.05) is 24.3 Å². The number of morpholine rings is 1. The average molecular weight is 258 g/mol. The van der Waals surface area contributed by atoms with Crippen molar-refractivity contribution in [2.75, 3.05) is 32.8 Å². The number of fused-ring (bicyclic) bond motifs is 1. The molecule has 2 aromatic rings. The number of nitrogens with zero attached hydrogens (tertiary/aromatic N) is 2. The van der Waals surface area contributed by atoms with Crippen LogP contribution < -0.4 is 0 Å². The summed E-state index contributed by atoms with van der Waals surface area (Å²) in [7, 11) is 0. The largest absolute Gasteiger partial charge is 0.385 e. The molecule has 0 amide bonds. The number of aromatic nitrogens is 1. The number of aliphatic hydroxyl groups excluding tert-OH is 1. The lowest BCUT2D eigenvalue weighted by Gasteiger charge is -2.28. The highest BCUT2D eigenvalue weighted by Crippen LogP contribution is 2.17. The van der Waals surface area contributed by atoms with E-state index in [2.05, 4.69) is 9.88 Å². The van der Waals surface area contributed by atoms with Gasteiger partial charge >= 0.3 is 0 Å². The van der Waals surface area contributed by atoms with E-state index in [1.54, 1.807) is 0 Å². The third-order valence-corrected chi connectivity index (χ3v) is 3.50. The molecule has 1 fully saturated rings. The Morgan fingerprint density at radius 2 is 1.95 bits per heavy atom. The molecule has 19 heavy (non-hydrogen) atoms. The van der Waals surface area contributed by atoms with Gasteiger partial charge in [-0.2, -0.15) is 0 Å². The Balaban J connectivity index is 1.75. The normalized spacial score (nSPS) is 18.6. The van der Waals surface area contributed by atoms with Crippen LogP contribution in [0.2, 0.25) is 0 Å². The van der Waals surface area contributed by atoms with Crippen molar-refractivity contribution >= 4 is 10.9 Å². The third kappa shape index (κ3) is 2.92. The van der Waals surface area contributed by atoms with Crippen LogP contribution in [-0.2, 0) is 4.74 Å². The molecule has 1 atom stereocenters. The fourth-order valence-electron chi connectivity index (χ4n) is 2.39. The van der Waals surface area contributed by atoms with Crippen LogP contribution in [0.3, 0.4) is 0 Å². The summed E-state index contributed by atoms with van der Waals surface area (Å²) in [6.07, 6.45) is -0.539. The molecule has 0 bridgehead atoms. The first-order valence-corrected chi connectivity index (χ1v) is 6.67. The molecule has 0 radical (unpaired) electrons. The van der Waals surface area contributed by atoms with Gasteiger partial charge in [0.1, 0.15) is 6.10 Å². The zero-order valence-corrected chi connectivity index (χ0v) is 10.8. The third-order valence-electron chi connectivity index (χ3n) is 3.50. The van der Waals surface area contributed by atoms with E-state index in [-0.39, 0.29) is 0 Å². The first-order valence-electron chi connectivity index (χ1n) is 6.67. The quantitative estimate of drug-likeness (QED) is 0.908. The highest BCUT2D eigenvalue weighted by atomic mass is 16.5. The summed E-state index contributed by atoms with van der Waals surface area (Å²) >= 11 is 0. The monoisotopic (exact) mass is 258 g/mol. The van der Waals surface area contributed by atoms with E-state index >= 15 is 0 Å². The van der Waals surface area contributed by atoms with Crippen LogP contribution in [-0.4, -0.2) is 47.8 Å². The van der Waals surface area contributed by atoms with Gasteiger partial charge in [-0.25, -0.2) is 0 Å². The van der Waals surface area contributed by atoms with Crippen LogP contribution in [0.5, 0.6) is 0 Å². The maximum atomic E-state index is 10.3. The molecule has 0 aliphatic carbocycles. The number of hydrogen-bond donors (Lipinski definition) is 1. The maximum absolute atomic E-state index is 10.3. The van der Waals surface area contributed by atoms with Crippen LogP contribution in [0.15, 0.2) is 36.4 Å². The van der Waals surface area contributed by atoms with Gasteiger partial charge in [0.25, 0.3) is 0 Å². The Morgan fingerprint density at radius 3 is 2.79 bits per heavy atom. The minimum absolute atomic E-state index is 0.539. The zero-order valence-electron chi connectivity index (χ0n) is 10.8. The number of aliphatic hydroxyl groups is 1. The van der Waals surface area contributed by atoms with Gasteiger partial charge in [0.15, 0.2) is 0 Å². The van der Waals surface area contributed by atoms with Gasteiger partial charge in [0, 0.05) is 25.0 Å². The van der Waals surface area contributed by atoms with Gasteiger partial charge in [0.05, 0.1) is 24.4 Å². The van der Waals surface area contributed by atoms with Crippen molar-refractivity contribution in [2.45, 2.75) is 6.10 Å². The van der Waals surface area contributed by atoms with Crippen molar-refractivity contribution in [2.24, 2.45) is 0 Å². The molecule has 1 aliphatic heterocycles.